The lowest BCUT2D eigenvalue weighted by atomic mass is 10.1. The van der Waals surface area contributed by atoms with Crippen LogP contribution in [0, 0.1) is 0 Å². The molecule has 0 saturated heterocycles. The van der Waals surface area contributed by atoms with Gasteiger partial charge in [0.15, 0.2) is 0 Å². The van der Waals surface area contributed by atoms with Crippen LogP contribution in [0.15, 0.2) is 24.3 Å². The fourth-order valence-corrected chi connectivity index (χ4v) is 1.49. The zero-order valence-corrected chi connectivity index (χ0v) is 9.22. The van der Waals surface area contributed by atoms with Crippen molar-refractivity contribution in [1.29, 1.82) is 0 Å². The van der Waals surface area contributed by atoms with Crippen molar-refractivity contribution in [3.8, 4) is 11.4 Å². The van der Waals surface area contributed by atoms with Crippen molar-refractivity contribution >= 4 is 23.6 Å². The largest absolute Gasteiger partial charge is 0.478 e. The summed E-state index contributed by atoms with van der Waals surface area (Å²) in [6.07, 6.45) is 2.45. The van der Waals surface area contributed by atoms with Crippen molar-refractivity contribution in [2.75, 3.05) is 0 Å². The Balaban J connectivity index is 2.48. The summed E-state index contributed by atoms with van der Waals surface area (Å²) in [6, 6.07) is 5.01. The van der Waals surface area contributed by atoms with E-state index in [1.807, 2.05) is 0 Å². The number of aromatic amines is 1. The standard InChI is InChI=1S/C10H7ClN4O2/c11-7-2-3-8(10-12-14-15-13-10)6(5-7)1-4-9(16)17/h1-5H,(H,16,17)(H,12,13,14,15)/b4-1+. The number of rotatable bonds is 3. The number of nitrogens with one attached hydrogen (secondary N) is 1. The van der Waals surface area contributed by atoms with Crippen LogP contribution in [-0.2, 0) is 4.79 Å². The van der Waals surface area contributed by atoms with Crippen molar-refractivity contribution in [2.45, 2.75) is 0 Å². The molecule has 0 aliphatic rings. The van der Waals surface area contributed by atoms with Gasteiger partial charge in [0.25, 0.3) is 0 Å². The average Bonchev–Trinajstić information content (AvgIpc) is 2.80. The fourth-order valence-electron chi connectivity index (χ4n) is 1.31. The van der Waals surface area contributed by atoms with E-state index in [4.69, 9.17) is 16.7 Å². The third kappa shape index (κ3) is 2.67. The van der Waals surface area contributed by atoms with Gasteiger partial charge in [0.05, 0.1) is 0 Å². The molecule has 17 heavy (non-hydrogen) atoms. The number of hydrogen-bond donors (Lipinski definition) is 2. The second kappa shape index (κ2) is 4.75. The Kier molecular flexibility index (Phi) is 3.15. The molecule has 2 rings (SSSR count). The van der Waals surface area contributed by atoms with Gasteiger partial charge in [-0.3, -0.25) is 0 Å². The number of carboxylic acids is 1. The minimum Gasteiger partial charge on any atom is -0.478 e. The smallest absolute Gasteiger partial charge is 0.328 e. The summed E-state index contributed by atoms with van der Waals surface area (Å²) in [5, 5.41) is 22.5. The van der Waals surface area contributed by atoms with Crippen LogP contribution >= 0.6 is 11.6 Å². The third-order valence-corrected chi connectivity index (χ3v) is 2.24. The number of nitrogens with zero attached hydrogens (tertiary/aromatic N) is 3. The first kappa shape index (κ1) is 11.3. The molecular weight excluding hydrogens is 244 g/mol. The lowest BCUT2D eigenvalue weighted by molar-refractivity contribution is -0.131. The molecule has 2 N–H and O–H groups in total. The van der Waals surface area contributed by atoms with Crippen LogP contribution in [0.4, 0.5) is 0 Å². The van der Waals surface area contributed by atoms with Crippen molar-refractivity contribution in [3.05, 3.63) is 34.9 Å². The van der Waals surface area contributed by atoms with Crippen LogP contribution in [0.5, 0.6) is 0 Å². The number of carbonyl (C=O) groups is 1. The first-order valence-electron chi connectivity index (χ1n) is 4.61. The number of aliphatic carboxylic acids is 1. The molecule has 0 radical (unpaired) electrons. The number of benzene rings is 1. The van der Waals surface area contributed by atoms with E-state index in [1.54, 1.807) is 18.2 Å². The van der Waals surface area contributed by atoms with Gasteiger partial charge < -0.3 is 5.11 Å². The Labute approximate surface area is 101 Å². The predicted octanol–water partition coefficient (Wildman–Crippen LogP) is 1.62. The maximum absolute atomic E-state index is 10.5. The molecule has 0 fully saturated rings. The van der Waals surface area contributed by atoms with E-state index in [2.05, 4.69) is 20.6 Å². The number of halogens is 1. The molecule has 6 nitrogen and oxygen atoms in total. The van der Waals surface area contributed by atoms with Crippen LogP contribution < -0.4 is 0 Å². The molecule has 0 aliphatic carbocycles. The molecule has 86 valence electrons. The monoisotopic (exact) mass is 250 g/mol. The van der Waals surface area contributed by atoms with Crippen LogP contribution in [0.2, 0.25) is 5.02 Å². The molecule has 0 amide bonds. The molecule has 1 aromatic heterocycles. The van der Waals surface area contributed by atoms with Gasteiger partial charge in [-0.1, -0.05) is 11.6 Å². The van der Waals surface area contributed by atoms with Gasteiger partial charge in [-0.25, -0.2) is 4.79 Å². The molecule has 0 bridgehead atoms. The number of H-pyrrole nitrogens is 1. The molecule has 0 spiro atoms. The summed E-state index contributed by atoms with van der Waals surface area (Å²) in [5.74, 6) is -0.657. The molecule has 1 heterocycles. The fraction of sp³-hybridized carbons (Fsp3) is 0. The molecular formula is C10H7ClN4O2. The lowest BCUT2D eigenvalue weighted by Crippen LogP contribution is -1.89. The van der Waals surface area contributed by atoms with Crippen LogP contribution in [0.1, 0.15) is 5.56 Å². The molecule has 2 aromatic rings. The van der Waals surface area contributed by atoms with E-state index < -0.39 is 5.97 Å². The Morgan fingerprint density at radius 2 is 2.29 bits per heavy atom. The van der Waals surface area contributed by atoms with Crippen molar-refractivity contribution in [2.24, 2.45) is 0 Å². The zero-order valence-electron chi connectivity index (χ0n) is 8.46. The summed E-state index contributed by atoms with van der Waals surface area (Å²) in [7, 11) is 0. The highest BCUT2D eigenvalue weighted by Gasteiger charge is 2.08. The maximum atomic E-state index is 10.5. The van der Waals surface area contributed by atoms with Crippen molar-refractivity contribution in [1.82, 2.24) is 20.6 Å². The van der Waals surface area contributed by atoms with Crippen LogP contribution in [0.3, 0.4) is 0 Å². The second-order valence-corrected chi connectivity index (χ2v) is 3.57. The number of carboxylic acid groups (broad SMARTS) is 1. The highest BCUT2D eigenvalue weighted by atomic mass is 35.5. The normalized spacial score (nSPS) is 10.9. The van der Waals surface area contributed by atoms with E-state index in [0.29, 0.717) is 22.0 Å². The minimum atomic E-state index is -1.04. The van der Waals surface area contributed by atoms with E-state index in [9.17, 15) is 4.79 Å². The first-order chi connectivity index (χ1) is 8.16. The maximum Gasteiger partial charge on any atom is 0.328 e. The number of hydrogen-bond acceptors (Lipinski definition) is 4. The molecule has 0 saturated carbocycles. The van der Waals surface area contributed by atoms with Crippen LogP contribution in [-0.4, -0.2) is 31.7 Å². The highest BCUT2D eigenvalue weighted by Crippen LogP contribution is 2.24. The summed E-state index contributed by atoms with van der Waals surface area (Å²) in [4.78, 5) is 10.5. The van der Waals surface area contributed by atoms with Crippen molar-refractivity contribution in [3.63, 3.8) is 0 Å². The Morgan fingerprint density at radius 3 is 2.94 bits per heavy atom. The van der Waals surface area contributed by atoms with Gasteiger partial charge >= 0.3 is 5.97 Å². The molecule has 1 aromatic carbocycles. The predicted molar refractivity (Wildman–Crippen MR) is 61.3 cm³/mol. The summed E-state index contributed by atoms with van der Waals surface area (Å²) < 4.78 is 0. The molecule has 7 heteroatoms. The first-order valence-corrected chi connectivity index (χ1v) is 4.99. The van der Waals surface area contributed by atoms with Gasteiger partial charge in [-0.05, 0) is 35.1 Å². The van der Waals surface area contributed by atoms with Gasteiger partial charge in [0, 0.05) is 16.7 Å². The summed E-state index contributed by atoms with van der Waals surface area (Å²) >= 11 is 5.85. The molecule has 0 atom stereocenters. The minimum absolute atomic E-state index is 0.381. The zero-order chi connectivity index (χ0) is 12.3. The summed E-state index contributed by atoms with van der Waals surface area (Å²) in [6.45, 7) is 0. The molecule has 0 unspecified atom stereocenters. The van der Waals surface area contributed by atoms with E-state index in [-0.39, 0.29) is 0 Å². The summed E-state index contributed by atoms with van der Waals surface area (Å²) in [5.41, 5.74) is 1.27. The topological polar surface area (TPSA) is 91.8 Å². The quantitative estimate of drug-likeness (QED) is 0.808. The van der Waals surface area contributed by atoms with Crippen molar-refractivity contribution < 1.29 is 9.90 Å². The highest BCUT2D eigenvalue weighted by molar-refractivity contribution is 6.30. The average molecular weight is 251 g/mol. The second-order valence-electron chi connectivity index (χ2n) is 3.14. The Bertz CT molecular complexity index is 566. The molecule has 0 aliphatic heterocycles. The van der Waals surface area contributed by atoms with Gasteiger partial charge in [-0.15, -0.1) is 10.2 Å². The van der Waals surface area contributed by atoms with Gasteiger partial charge in [-0.2, -0.15) is 5.21 Å². The third-order valence-electron chi connectivity index (χ3n) is 2.01. The lowest BCUT2D eigenvalue weighted by Gasteiger charge is -2.01. The number of tetrazole rings is 1. The number of aromatic nitrogens is 4. The van der Waals surface area contributed by atoms with E-state index in [0.717, 1.165) is 6.08 Å². The van der Waals surface area contributed by atoms with E-state index >= 15 is 0 Å². The van der Waals surface area contributed by atoms with Gasteiger partial charge in [0.1, 0.15) is 0 Å². The van der Waals surface area contributed by atoms with E-state index in [1.165, 1.54) is 6.08 Å². The van der Waals surface area contributed by atoms with Crippen LogP contribution in [0.25, 0.3) is 17.5 Å². The Hall–Kier alpha value is -2.21. The van der Waals surface area contributed by atoms with Gasteiger partial charge in [0.2, 0.25) is 5.82 Å². The SMILES string of the molecule is O=C(O)/C=C/c1cc(Cl)ccc1-c1nn[nH]n1. The Morgan fingerprint density at radius 1 is 1.47 bits per heavy atom.